The maximum Gasteiger partial charge on any atom is 0.246 e. The molecule has 0 spiro atoms. The number of hydrogen-bond donors (Lipinski definition) is 1. The van der Waals surface area contributed by atoms with E-state index in [1.807, 2.05) is 18.2 Å². The minimum absolute atomic E-state index is 0.0508. The van der Waals surface area contributed by atoms with Gasteiger partial charge in [-0.05, 0) is 30.0 Å². The van der Waals surface area contributed by atoms with Crippen LogP contribution in [0.15, 0.2) is 18.2 Å². The standard InChI is InChI=1S/C14H17N3O2/c1-16-11-4-3-10(7-9(11)8-12(16)18)14(5-6-14)13(19)17(2)15/h3-4,7H,5-6,8,15H2,1-2H3. The quantitative estimate of drug-likeness (QED) is 0.479. The SMILES string of the molecule is CN(N)C(=O)C1(c2ccc3c(c2)CC(=O)N3C)CC1. The first-order chi connectivity index (χ1) is 8.95. The van der Waals surface area contributed by atoms with Crippen LogP contribution >= 0.6 is 0 Å². The molecule has 1 saturated carbocycles. The van der Waals surface area contributed by atoms with E-state index in [9.17, 15) is 9.59 Å². The summed E-state index contributed by atoms with van der Waals surface area (Å²) in [5, 5.41) is 1.16. The van der Waals surface area contributed by atoms with Crippen molar-refractivity contribution in [3.8, 4) is 0 Å². The van der Waals surface area contributed by atoms with Crippen molar-refractivity contribution < 1.29 is 9.59 Å². The summed E-state index contributed by atoms with van der Waals surface area (Å²) in [5.74, 6) is 5.62. The second kappa shape index (κ2) is 3.81. The van der Waals surface area contributed by atoms with Crippen LogP contribution in [0, 0.1) is 0 Å². The molecule has 1 fully saturated rings. The Kier molecular flexibility index (Phi) is 2.44. The molecule has 1 heterocycles. The maximum atomic E-state index is 12.2. The van der Waals surface area contributed by atoms with Crippen LogP contribution in [-0.2, 0) is 21.4 Å². The number of anilines is 1. The van der Waals surface area contributed by atoms with Crippen molar-refractivity contribution in [2.24, 2.45) is 5.84 Å². The molecule has 0 unspecified atom stereocenters. The number of nitrogens with zero attached hydrogens (tertiary/aromatic N) is 2. The Morgan fingerprint density at radius 2 is 2.11 bits per heavy atom. The first-order valence-corrected chi connectivity index (χ1v) is 6.38. The molecule has 5 heteroatoms. The molecule has 2 amide bonds. The van der Waals surface area contributed by atoms with Crippen molar-refractivity contribution in [3.63, 3.8) is 0 Å². The fourth-order valence-corrected chi connectivity index (χ4v) is 2.86. The molecule has 1 aliphatic heterocycles. The molecule has 19 heavy (non-hydrogen) atoms. The second-order valence-electron chi connectivity index (χ2n) is 5.47. The Morgan fingerprint density at radius 3 is 2.68 bits per heavy atom. The summed E-state index contributed by atoms with van der Waals surface area (Å²) < 4.78 is 0. The molecule has 0 radical (unpaired) electrons. The molecule has 2 aliphatic rings. The zero-order valence-corrected chi connectivity index (χ0v) is 11.1. The lowest BCUT2D eigenvalue weighted by atomic mass is 9.92. The fraction of sp³-hybridized carbons (Fsp3) is 0.429. The summed E-state index contributed by atoms with van der Waals surface area (Å²) >= 11 is 0. The van der Waals surface area contributed by atoms with Crippen LogP contribution in [0.1, 0.15) is 24.0 Å². The highest BCUT2D eigenvalue weighted by Crippen LogP contribution is 2.50. The molecule has 0 atom stereocenters. The van der Waals surface area contributed by atoms with Gasteiger partial charge in [-0.2, -0.15) is 0 Å². The summed E-state index contributed by atoms with van der Waals surface area (Å²) in [4.78, 5) is 25.5. The molecular weight excluding hydrogens is 242 g/mol. The molecule has 1 aliphatic carbocycles. The van der Waals surface area contributed by atoms with Gasteiger partial charge in [-0.3, -0.25) is 14.6 Å². The largest absolute Gasteiger partial charge is 0.315 e. The Hall–Kier alpha value is -1.88. The number of rotatable bonds is 2. The maximum absolute atomic E-state index is 12.2. The number of hydrogen-bond acceptors (Lipinski definition) is 3. The van der Waals surface area contributed by atoms with Crippen LogP contribution < -0.4 is 10.7 Å². The lowest BCUT2D eigenvalue weighted by Gasteiger charge is -2.20. The van der Waals surface area contributed by atoms with E-state index < -0.39 is 5.41 Å². The van der Waals surface area contributed by atoms with Gasteiger partial charge in [0.2, 0.25) is 11.8 Å². The van der Waals surface area contributed by atoms with Gasteiger partial charge in [0.25, 0.3) is 0 Å². The van der Waals surface area contributed by atoms with Crippen LogP contribution in [0.25, 0.3) is 0 Å². The third-order valence-corrected chi connectivity index (χ3v) is 4.19. The molecule has 0 saturated heterocycles. The minimum atomic E-state index is -0.456. The first kappa shape index (κ1) is 12.2. The zero-order chi connectivity index (χ0) is 13.8. The lowest BCUT2D eigenvalue weighted by molar-refractivity contribution is -0.132. The van der Waals surface area contributed by atoms with Crippen molar-refractivity contribution in [3.05, 3.63) is 29.3 Å². The van der Waals surface area contributed by atoms with Crippen LogP contribution in [0.4, 0.5) is 5.69 Å². The highest BCUT2D eigenvalue weighted by Gasteiger charge is 2.52. The van der Waals surface area contributed by atoms with Gasteiger partial charge >= 0.3 is 0 Å². The Labute approximate surface area is 111 Å². The molecule has 0 bridgehead atoms. The van der Waals surface area contributed by atoms with Crippen molar-refractivity contribution in [1.82, 2.24) is 5.01 Å². The molecule has 3 rings (SSSR count). The number of carbonyl (C=O) groups is 2. The summed E-state index contributed by atoms with van der Waals surface area (Å²) in [6.07, 6.45) is 2.08. The van der Waals surface area contributed by atoms with Crippen LogP contribution in [0.2, 0.25) is 0 Å². The number of likely N-dealkylation sites (N-methyl/N-ethyl adjacent to an activating group) is 2. The Morgan fingerprint density at radius 1 is 1.42 bits per heavy atom. The van der Waals surface area contributed by atoms with Crippen molar-refractivity contribution in [2.75, 3.05) is 19.0 Å². The molecule has 1 aromatic rings. The van der Waals surface area contributed by atoms with E-state index in [-0.39, 0.29) is 11.8 Å². The monoisotopic (exact) mass is 259 g/mol. The van der Waals surface area contributed by atoms with Crippen LogP contribution in [-0.4, -0.2) is 30.9 Å². The van der Waals surface area contributed by atoms with Crippen LogP contribution in [0.3, 0.4) is 0 Å². The average Bonchev–Trinajstić information content (AvgIpc) is 3.13. The van der Waals surface area contributed by atoms with E-state index in [0.29, 0.717) is 6.42 Å². The molecule has 0 aromatic heterocycles. The van der Waals surface area contributed by atoms with Crippen molar-refractivity contribution in [2.45, 2.75) is 24.7 Å². The minimum Gasteiger partial charge on any atom is -0.315 e. The smallest absolute Gasteiger partial charge is 0.246 e. The normalized spacial score (nSPS) is 19.3. The summed E-state index contributed by atoms with van der Waals surface area (Å²) in [6.45, 7) is 0. The summed E-state index contributed by atoms with van der Waals surface area (Å²) in [5.41, 5.74) is 2.47. The number of carbonyl (C=O) groups excluding carboxylic acids is 2. The second-order valence-corrected chi connectivity index (χ2v) is 5.47. The number of fused-ring (bicyclic) bond motifs is 1. The first-order valence-electron chi connectivity index (χ1n) is 6.38. The van der Waals surface area contributed by atoms with Gasteiger partial charge < -0.3 is 4.90 Å². The van der Waals surface area contributed by atoms with E-state index in [2.05, 4.69) is 0 Å². The third-order valence-electron chi connectivity index (χ3n) is 4.19. The summed E-state index contributed by atoms with van der Waals surface area (Å²) in [7, 11) is 3.35. The predicted octanol–water partition coefficient (Wildman–Crippen LogP) is 0.569. The Bertz CT molecular complexity index is 576. The van der Waals surface area contributed by atoms with Gasteiger partial charge in [0.15, 0.2) is 0 Å². The van der Waals surface area contributed by atoms with Gasteiger partial charge in [0.05, 0.1) is 11.8 Å². The highest BCUT2D eigenvalue weighted by molar-refractivity contribution is 6.01. The van der Waals surface area contributed by atoms with E-state index >= 15 is 0 Å². The number of amides is 2. The predicted molar refractivity (Wildman–Crippen MR) is 71.4 cm³/mol. The zero-order valence-electron chi connectivity index (χ0n) is 11.1. The van der Waals surface area contributed by atoms with Gasteiger partial charge in [-0.25, -0.2) is 5.84 Å². The lowest BCUT2D eigenvalue weighted by Crippen LogP contribution is -2.41. The molecule has 100 valence electrons. The average molecular weight is 259 g/mol. The van der Waals surface area contributed by atoms with Crippen molar-refractivity contribution >= 4 is 17.5 Å². The third kappa shape index (κ3) is 1.65. The molecule has 2 N–H and O–H groups in total. The van der Waals surface area contributed by atoms with E-state index in [0.717, 1.165) is 34.7 Å². The molecular formula is C14H17N3O2. The van der Waals surface area contributed by atoms with E-state index in [4.69, 9.17) is 5.84 Å². The Balaban J connectivity index is 1.99. The summed E-state index contributed by atoms with van der Waals surface area (Å²) in [6, 6.07) is 5.87. The van der Waals surface area contributed by atoms with Gasteiger partial charge in [-0.1, -0.05) is 12.1 Å². The van der Waals surface area contributed by atoms with Crippen molar-refractivity contribution in [1.29, 1.82) is 0 Å². The number of hydrazine groups is 1. The van der Waals surface area contributed by atoms with E-state index in [1.54, 1.807) is 19.0 Å². The van der Waals surface area contributed by atoms with Gasteiger partial charge in [0, 0.05) is 19.8 Å². The van der Waals surface area contributed by atoms with Gasteiger partial charge in [-0.15, -0.1) is 0 Å². The fourth-order valence-electron chi connectivity index (χ4n) is 2.86. The number of nitrogens with two attached hydrogens (primary N) is 1. The highest BCUT2D eigenvalue weighted by atomic mass is 16.2. The topological polar surface area (TPSA) is 66.6 Å². The molecule has 1 aromatic carbocycles. The number of benzene rings is 1. The molecule has 5 nitrogen and oxygen atoms in total. The van der Waals surface area contributed by atoms with Crippen LogP contribution in [0.5, 0.6) is 0 Å². The van der Waals surface area contributed by atoms with Gasteiger partial charge in [0.1, 0.15) is 0 Å². The van der Waals surface area contributed by atoms with E-state index in [1.165, 1.54) is 0 Å².